The predicted molar refractivity (Wildman–Crippen MR) is 131 cm³/mol. The fourth-order valence-corrected chi connectivity index (χ4v) is 3.12. The van der Waals surface area contributed by atoms with E-state index in [0.717, 1.165) is 43.2 Å². The highest BCUT2D eigenvalue weighted by molar-refractivity contribution is 14.0. The number of aliphatic hydroxyl groups excluding tert-OH is 1. The van der Waals surface area contributed by atoms with Crippen LogP contribution in [0.2, 0.25) is 0 Å². The van der Waals surface area contributed by atoms with Crippen LogP contribution in [-0.4, -0.2) is 53.1 Å². The van der Waals surface area contributed by atoms with Crippen LogP contribution in [0, 0.1) is 11.8 Å². The first kappa shape index (κ1) is 26.2. The van der Waals surface area contributed by atoms with Gasteiger partial charge in [0.2, 0.25) is 0 Å². The molecule has 0 bridgehead atoms. The number of aromatic amines is 1. The summed E-state index contributed by atoms with van der Waals surface area (Å²) in [6.07, 6.45) is 1.86. The molecule has 1 aromatic carbocycles. The summed E-state index contributed by atoms with van der Waals surface area (Å²) >= 11 is 0. The number of aliphatic imine (C=N–C) groups is 1. The minimum Gasteiger partial charge on any atom is -0.497 e. The first-order valence-electron chi connectivity index (χ1n) is 10.2. The number of benzene rings is 1. The highest BCUT2D eigenvalue weighted by atomic mass is 127. The maximum atomic E-state index is 9.30. The Morgan fingerprint density at radius 1 is 1.23 bits per heavy atom. The SMILES string of the molecule is CCNC(=NCc1nc(-c2ccc(OC)cc2)n[nH]1)NCC(CCO)CC(C)C.I. The Kier molecular flexibility index (Phi) is 12.4. The van der Waals surface area contributed by atoms with Gasteiger partial charge in [0.1, 0.15) is 18.1 Å². The number of halogens is 1. The third kappa shape index (κ3) is 8.86. The highest BCUT2D eigenvalue weighted by Crippen LogP contribution is 2.19. The van der Waals surface area contributed by atoms with E-state index in [1.807, 2.05) is 31.2 Å². The van der Waals surface area contributed by atoms with E-state index < -0.39 is 0 Å². The molecule has 0 fully saturated rings. The molecule has 0 aliphatic carbocycles. The van der Waals surface area contributed by atoms with Gasteiger partial charge in [-0.3, -0.25) is 5.10 Å². The number of aromatic nitrogens is 3. The van der Waals surface area contributed by atoms with E-state index in [2.05, 4.69) is 44.7 Å². The lowest BCUT2D eigenvalue weighted by Gasteiger charge is -2.20. The van der Waals surface area contributed by atoms with E-state index in [4.69, 9.17) is 4.74 Å². The monoisotopic (exact) mass is 530 g/mol. The van der Waals surface area contributed by atoms with Crippen molar-refractivity contribution in [2.24, 2.45) is 16.8 Å². The molecular weight excluding hydrogens is 495 g/mol. The quantitative estimate of drug-likeness (QED) is 0.202. The van der Waals surface area contributed by atoms with Crippen LogP contribution in [0.5, 0.6) is 5.75 Å². The highest BCUT2D eigenvalue weighted by Gasteiger charge is 2.12. The summed E-state index contributed by atoms with van der Waals surface area (Å²) in [5.41, 5.74) is 0.919. The van der Waals surface area contributed by atoms with E-state index >= 15 is 0 Å². The van der Waals surface area contributed by atoms with Gasteiger partial charge in [0, 0.05) is 25.3 Å². The van der Waals surface area contributed by atoms with Crippen molar-refractivity contribution in [2.75, 3.05) is 26.8 Å². The normalized spacial score (nSPS) is 12.4. The zero-order valence-corrected chi connectivity index (χ0v) is 20.6. The molecule has 9 heteroatoms. The van der Waals surface area contributed by atoms with Crippen molar-refractivity contribution in [1.29, 1.82) is 0 Å². The third-order valence-electron chi connectivity index (χ3n) is 4.51. The second-order valence-electron chi connectivity index (χ2n) is 7.42. The van der Waals surface area contributed by atoms with Crippen molar-refractivity contribution in [1.82, 2.24) is 25.8 Å². The number of H-pyrrole nitrogens is 1. The summed E-state index contributed by atoms with van der Waals surface area (Å²) in [5, 5.41) is 23.2. The lowest BCUT2D eigenvalue weighted by Crippen LogP contribution is -2.40. The van der Waals surface area contributed by atoms with Crippen molar-refractivity contribution in [3.8, 4) is 17.1 Å². The van der Waals surface area contributed by atoms with Crippen LogP contribution in [0.3, 0.4) is 0 Å². The Morgan fingerprint density at radius 3 is 2.57 bits per heavy atom. The van der Waals surface area contributed by atoms with Gasteiger partial charge >= 0.3 is 0 Å². The lowest BCUT2D eigenvalue weighted by molar-refractivity contribution is 0.243. The van der Waals surface area contributed by atoms with Gasteiger partial charge in [0.05, 0.1) is 7.11 Å². The second kappa shape index (κ2) is 14.2. The first-order valence-corrected chi connectivity index (χ1v) is 10.2. The van der Waals surface area contributed by atoms with Gasteiger partial charge in [-0.05, 0) is 55.9 Å². The molecule has 0 spiro atoms. The number of guanidine groups is 1. The molecule has 0 radical (unpaired) electrons. The molecule has 8 nitrogen and oxygen atoms in total. The van der Waals surface area contributed by atoms with Crippen LogP contribution in [-0.2, 0) is 6.54 Å². The van der Waals surface area contributed by atoms with Crippen molar-refractivity contribution < 1.29 is 9.84 Å². The second-order valence-corrected chi connectivity index (χ2v) is 7.42. The molecule has 1 aromatic heterocycles. The zero-order chi connectivity index (χ0) is 21.1. The molecule has 0 aliphatic heterocycles. The molecule has 1 atom stereocenters. The topological polar surface area (TPSA) is 107 Å². The van der Waals surface area contributed by atoms with E-state index in [1.165, 1.54) is 0 Å². The molecule has 168 valence electrons. The fourth-order valence-electron chi connectivity index (χ4n) is 3.12. The van der Waals surface area contributed by atoms with E-state index in [0.29, 0.717) is 30.0 Å². The molecule has 1 unspecified atom stereocenters. The smallest absolute Gasteiger partial charge is 0.191 e. The summed E-state index contributed by atoms with van der Waals surface area (Å²) in [6, 6.07) is 7.63. The summed E-state index contributed by atoms with van der Waals surface area (Å²) in [5.74, 6) is 3.88. The molecule has 30 heavy (non-hydrogen) atoms. The van der Waals surface area contributed by atoms with E-state index in [1.54, 1.807) is 7.11 Å². The zero-order valence-electron chi connectivity index (χ0n) is 18.3. The average molecular weight is 530 g/mol. The van der Waals surface area contributed by atoms with Gasteiger partial charge in [-0.2, -0.15) is 5.10 Å². The molecule has 1 heterocycles. The maximum Gasteiger partial charge on any atom is 0.191 e. The summed E-state index contributed by atoms with van der Waals surface area (Å²) in [6.45, 7) is 8.59. The molecule has 0 saturated heterocycles. The largest absolute Gasteiger partial charge is 0.497 e. The Morgan fingerprint density at radius 2 is 1.97 bits per heavy atom. The molecule has 0 saturated carbocycles. The van der Waals surface area contributed by atoms with Gasteiger partial charge in [-0.25, -0.2) is 9.98 Å². The van der Waals surface area contributed by atoms with Crippen molar-refractivity contribution >= 4 is 29.9 Å². The third-order valence-corrected chi connectivity index (χ3v) is 4.51. The first-order chi connectivity index (χ1) is 14.0. The number of nitrogens with zero attached hydrogens (tertiary/aromatic N) is 3. The van der Waals surface area contributed by atoms with Gasteiger partial charge in [0.25, 0.3) is 0 Å². The van der Waals surface area contributed by atoms with E-state index in [-0.39, 0.29) is 30.6 Å². The molecule has 4 N–H and O–H groups in total. The van der Waals surface area contributed by atoms with Gasteiger partial charge < -0.3 is 20.5 Å². The molecule has 0 amide bonds. The Labute approximate surface area is 196 Å². The summed E-state index contributed by atoms with van der Waals surface area (Å²) in [7, 11) is 1.64. The standard InChI is InChI=1S/C21H34N6O2.HI/c1-5-22-21(23-13-16(10-11-28)12-15(2)3)24-14-19-25-20(27-26-19)17-6-8-18(29-4)9-7-17;/h6-9,15-16,28H,5,10-14H2,1-4H3,(H2,22,23,24)(H,25,26,27);1H. The molecular formula is C21H35IN6O2. The lowest BCUT2D eigenvalue weighted by atomic mass is 9.94. The number of hydrogen-bond donors (Lipinski definition) is 4. The Hall–Kier alpha value is -1.88. The van der Waals surface area contributed by atoms with Crippen molar-refractivity contribution in [3.63, 3.8) is 0 Å². The number of hydrogen-bond acceptors (Lipinski definition) is 5. The Balaban J connectivity index is 0.00000450. The number of aliphatic hydroxyl groups is 1. The molecule has 2 rings (SSSR count). The van der Waals surface area contributed by atoms with Crippen molar-refractivity contribution in [3.05, 3.63) is 30.1 Å². The van der Waals surface area contributed by atoms with Crippen LogP contribution in [0.15, 0.2) is 29.3 Å². The van der Waals surface area contributed by atoms with Crippen LogP contribution < -0.4 is 15.4 Å². The van der Waals surface area contributed by atoms with Crippen LogP contribution in [0.1, 0.15) is 39.4 Å². The Bertz CT molecular complexity index is 748. The number of methoxy groups -OCH3 is 1. The van der Waals surface area contributed by atoms with Crippen LogP contribution in [0.25, 0.3) is 11.4 Å². The van der Waals surface area contributed by atoms with Crippen molar-refractivity contribution in [2.45, 2.75) is 40.2 Å². The van der Waals surface area contributed by atoms with Gasteiger partial charge in [0.15, 0.2) is 11.8 Å². The predicted octanol–water partition coefficient (Wildman–Crippen LogP) is 3.20. The number of rotatable bonds is 11. The minimum atomic E-state index is 0. The van der Waals surface area contributed by atoms with E-state index in [9.17, 15) is 5.11 Å². The van der Waals surface area contributed by atoms with Gasteiger partial charge in [-0.1, -0.05) is 13.8 Å². The minimum absolute atomic E-state index is 0. The average Bonchev–Trinajstić information content (AvgIpc) is 3.19. The van der Waals surface area contributed by atoms with Crippen LogP contribution in [0.4, 0.5) is 0 Å². The number of nitrogens with one attached hydrogen (secondary N) is 3. The summed E-state index contributed by atoms with van der Waals surface area (Å²) < 4.78 is 5.18. The molecule has 2 aromatic rings. The summed E-state index contributed by atoms with van der Waals surface area (Å²) in [4.78, 5) is 9.14. The molecule has 0 aliphatic rings. The van der Waals surface area contributed by atoms with Gasteiger partial charge in [-0.15, -0.1) is 24.0 Å². The number of ether oxygens (including phenoxy) is 1. The maximum absolute atomic E-state index is 9.30. The van der Waals surface area contributed by atoms with Crippen LogP contribution >= 0.6 is 24.0 Å². The fraction of sp³-hybridized carbons (Fsp3) is 0.571.